The maximum Gasteiger partial charge on any atom is 3.00 e. The van der Waals surface area contributed by atoms with Crippen LogP contribution in [0.1, 0.15) is 0 Å². The molecule has 4 aromatic rings. The van der Waals surface area contributed by atoms with Crippen LogP contribution in [-0.4, -0.2) is 10.2 Å². The van der Waals surface area contributed by atoms with E-state index in [9.17, 15) is 0 Å². The zero-order chi connectivity index (χ0) is 12.2. The van der Waals surface area contributed by atoms with E-state index in [1.54, 1.807) is 12.4 Å². The van der Waals surface area contributed by atoms with Crippen molar-refractivity contribution in [2.45, 2.75) is 0 Å². The summed E-state index contributed by atoms with van der Waals surface area (Å²) >= 11 is 0. The van der Waals surface area contributed by atoms with Crippen molar-refractivity contribution in [3.8, 4) is 0 Å². The molecular formula is C14H10N4Ru+. The topological polar surface area (TPSA) is 54.0 Å². The number of hydrogen-bond acceptors (Lipinski definition) is 2. The Bertz CT molecular complexity index is 633. The van der Waals surface area contributed by atoms with Gasteiger partial charge in [0.2, 0.25) is 0 Å². The van der Waals surface area contributed by atoms with E-state index in [1.165, 1.54) is 0 Å². The summed E-state index contributed by atoms with van der Waals surface area (Å²) in [4.78, 5) is 0. The van der Waals surface area contributed by atoms with Crippen molar-refractivity contribution < 1.29 is 19.5 Å². The number of fused-ring (bicyclic) bond motifs is 2. The fourth-order valence-electron chi connectivity index (χ4n) is 1.68. The van der Waals surface area contributed by atoms with Crippen molar-refractivity contribution in [3.63, 3.8) is 0 Å². The second kappa shape index (κ2) is 6.25. The molecule has 0 aliphatic carbocycles. The van der Waals surface area contributed by atoms with Gasteiger partial charge in [-0.2, -0.15) is 12.4 Å². The van der Waals surface area contributed by atoms with Gasteiger partial charge in [0.25, 0.3) is 0 Å². The van der Waals surface area contributed by atoms with Gasteiger partial charge >= 0.3 is 19.5 Å². The van der Waals surface area contributed by atoms with Crippen molar-refractivity contribution in [3.05, 3.63) is 60.9 Å². The quantitative estimate of drug-likeness (QED) is 0.463. The third-order valence-corrected chi connectivity index (χ3v) is 2.60. The molecule has 0 atom stereocenters. The second-order valence-electron chi connectivity index (χ2n) is 3.81. The monoisotopic (exact) mass is 336 g/mol. The average Bonchev–Trinajstić information content (AvgIpc) is 3.08. The molecule has 0 amide bonds. The van der Waals surface area contributed by atoms with Gasteiger partial charge in [0.15, 0.2) is 0 Å². The third-order valence-electron chi connectivity index (χ3n) is 2.60. The third kappa shape index (κ3) is 3.06. The van der Waals surface area contributed by atoms with Crippen LogP contribution in [0.25, 0.3) is 21.8 Å². The fourth-order valence-corrected chi connectivity index (χ4v) is 1.68. The van der Waals surface area contributed by atoms with Crippen molar-refractivity contribution >= 4 is 21.8 Å². The van der Waals surface area contributed by atoms with Gasteiger partial charge in [-0.25, -0.2) is 0 Å². The summed E-state index contributed by atoms with van der Waals surface area (Å²) in [6, 6.07) is 15.8. The Morgan fingerprint density at radius 1 is 0.632 bits per heavy atom. The summed E-state index contributed by atoms with van der Waals surface area (Å²) in [5, 5.41) is 17.5. The van der Waals surface area contributed by atoms with Gasteiger partial charge in [-0.05, 0) is 22.9 Å². The molecule has 0 N–H and O–H groups in total. The fraction of sp³-hybridized carbons (Fsp3) is 0. The molecule has 0 aliphatic heterocycles. The molecule has 4 nitrogen and oxygen atoms in total. The first-order valence-electron chi connectivity index (χ1n) is 5.60. The van der Waals surface area contributed by atoms with Gasteiger partial charge in [0.05, 0.1) is 0 Å². The summed E-state index contributed by atoms with van der Waals surface area (Å²) in [7, 11) is 0. The van der Waals surface area contributed by atoms with Crippen LogP contribution in [0.2, 0.25) is 0 Å². The van der Waals surface area contributed by atoms with E-state index in [0.29, 0.717) is 0 Å². The standard InChI is InChI=1S/2C7H5N2.Ru/c2*1-2-4-7-6(3-1)5-8-9-7;/h2*1-5H;/q2*-1;+3. The van der Waals surface area contributed by atoms with Crippen LogP contribution in [-0.2, 0) is 19.5 Å². The predicted molar refractivity (Wildman–Crippen MR) is 70.1 cm³/mol. The minimum Gasteiger partial charge on any atom is -0.581 e. The maximum absolute atomic E-state index is 3.87. The average molecular weight is 335 g/mol. The van der Waals surface area contributed by atoms with Crippen molar-refractivity contribution in [1.29, 1.82) is 0 Å². The normalized spacial score (nSPS) is 9.68. The largest absolute Gasteiger partial charge is 3.00 e. The van der Waals surface area contributed by atoms with Crippen LogP contribution in [0, 0.1) is 0 Å². The molecule has 0 unspecified atom stereocenters. The summed E-state index contributed by atoms with van der Waals surface area (Å²) in [6.07, 6.45) is 3.52. The zero-order valence-corrected chi connectivity index (χ0v) is 11.7. The molecule has 0 spiro atoms. The van der Waals surface area contributed by atoms with Crippen LogP contribution >= 0.6 is 0 Å². The van der Waals surface area contributed by atoms with Crippen molar-refractivity contribution in [2.24, 2.45) is 0 Å². The van der Waals surface area contributed by atoms with E-state index >= 15 is 0 Å². The summed E-state index contributed by atoms with van der Waals surface area (Å²) in [5.41, 5.74) is 1.94. The molecule has 1 radical (unpaired) electrons. The van der Waals surface area contributed by atoms with Gasteiger partial charge in [-0.3, -0.25) is 0 Å². The number of hydrogen-bond donors (Lipinski definition) is 0. The van der Waals surface area contributed by atoms with E-state index in [1.807, 2.05) is 48.5 Å². The first-order chi connectivity index (χ1) is 8.93. The molecule has 0 aliphatic rings. The van der Waals surface area contributed by atoms with E-state index in [-0.39, 0.29) is 19.5 Å². The van der Waals surface area contributed by atoms with Crippen LogP contribution < -0.4 is 10.2 Å². The predicted octanol–water partition coefficient (Wildman–Crippen LogP) is 2.38. The second-order valence-corrected chi connectivity index (χ2v) is 3.81. The first-order valence-corrected chi connectivity index (χ1v) is 5.60. The van der Waals surface area contributed by atoms with Gasteiger partial charge < -0.3 is 20.4 Å². The minimum absolute atomic E-state index is 0. The van der Waals surface area contributed by atoms with Crippen LogP contribution in [0.3, 0.4) is 0 Å². The Morgan fingerprint density at radius 2 is 1.05 bits per heavy atom. The Balaban J connectivity index is 0.000000133. The van der Waals surface area contributed by atoms with Crippen LogP contribution in [0.15, 0.2) is 60.9 Å². The molecule has 0 saturated carbocycles. The van der Waals surface area contributed by atoms with Gasteiger partial charge in [0, 0.05) is 11.0 Å². The van der Waals surface area contributed by atoms with Crippen LogP contribution in [0.5, 0.6) is 0 Å². The van der Waals surface area contributed by atoms with E-state index in [0.717, 1.165) is 21.8 Å². The Labute approximate surface area is 123 Å². The summed E-state index contributed by atoms with van der Waals surface area (Å²) in [6.45, 7) is 0. The molecule has 0 fully saturated rings. The van der Waals surface area contributed by atoms with E-state index in [2.05, 4.69) is 20.4 Å². The molecule has 2 aromatic carbocycles. The SMILES string of the molecule is [Ru+3].c1ccc2n[n-]cc2c1.c1ccc2n[n-]cc2c1. The van der Waals surface area contributed by atoms with Crippen molar-refractivity contribution in [1.82, 2.24) is 20.4 Å². The van der Waals surface area contributed by atoms with Gasteiger partial charge in [-0.15, -0.1) is 0 Å². The summed E-state index contributed by atoms with van der Waals surface area (Å²) < 4.78 is 0. The molecule has 2 heterocycles. The minimum atomic E-state index is 0. The zero-order valence-electron chi connectivity index (χ0n) is 9.92. The van der Waals surface area contributed by atoms with Gasteiger partial charge in [-0.1, -0.05) is 36.4 Å². The molecule has 4 rings (SSSR count). The first kappa shape index (κ1) is 13.4. The smallest absolute Gasteiger partial charge is 0.581 e. The number of aromatic nitrogens is 4. The van der Waals surface area contributed by atoms with E-state index < -0.39 is 0 Å². The molecule has 19 heavy (non-hydrogen) atoms. The Hall–Kier alpha value is -2.00. The maximum atomic E-state index is 3.87. The Morgan fingerprint density at radius 3 is 1.47 bits per heavy atom. The molecule has 0 bridgehead atoms. The summed E-state index contributed by atoms with van der Waals surface area (Å²) in [5.74, 6) is 0. The number of benzene rings is 2. The molecule has 2 aromatic heterocycles. The van der Waals surface area contributed by atoms with E-state index in [4.69, 9.17) is 0 Å². The number of rotatable bonds is 0. The Kier molecular flexibility index (Phi) is 4.42. The molecular weight excluding hydrogens is 325 g/mol. The molecule has 93 valence electrons. The number of nitrogens with zero attached hydrogens (tertiary/aromatic N) is 4. The molecule has 5 heteroatoms. The van der Waals surface area contributed by atoms with Crippen molar-refractivity contribution in [2.75, 3.05) is 0 Å². The molecule has 0 saturated heterocycles. The van der Waals surface area contributed by atoms with Gasteiger partial charge in [0.1, 0.15) is 0 Å². The van der Waals surface area contributed by atoms with Crippen LogP contribution in [0.4, 0.5) is 0 Å².